The van der Waals surface area contributed by atoms with E-state index in [0.29, 0.717) is 12.5 Å². The molecule has 0 aromatic heterocycles. The van der Waals surface area contributed by atoms with Gasteiger partial charge < -0.3 is 0 Å². The van der Waals surface area contributed by atoms with Crippen LogP contribution in [0.15, 0.2) is 24.3 Å². The first-order valence-electron chi connectivity index (χ1n) is 6.57. The molecule has 0 N–H and O–H groups in total. The average Bonchev–Trinajstić information content (AvgIpc) is 2.38. The molecule has 1 aromatic carbocycles. The van der Waals surface area contributed by atoms with Gasteiger partial charge in [0.25, 0.3) is 0 Å². The zero-order valence-corrected chi connectivity index (χ0v) is 13.6. The van der Waals surface area contributed by atoms with Gasteiger partial charge in [0.15, 0.2) is 5.78 Å². The molecule has 18 heavy (non-hydrogen) atoms. The molecule has 0 aliphatic heterocycles. The highest BCUT2D eigenvalue weighted by Gasteiger charge is 2.13. The Balaban J connectivity index is 2.59. The van der Waals surface area contributed by atoms with E-state index >= 15 is 0 Å². The summed E-state index contributed by atoms with van der Waals surface area (Å²) in [6.07, 6.45) is 1.16. The lowest BCUT2D eigenvalue weighted by atomic mass is 10.1. The van der Waals surface area contributed by atoms with Crippen LogP contribution >= 0.6 is 22.6 Å². The van der Waals surface area contributed by atoms with Gasteiger partial charge in [0, 0.05) is 15.7 Å². The van der Waals surface area contributed by atoms with Crippen molar-refractivity contribution in [3.05, 3.63) is 33.4 Å². The molecule has 100 valence electrons. The average molecular weight is 359 g/mol. The summed E-state index contributed by atoms with van der Waals surface area (Å²) in [4.78, 5) is 14.4. The summed E-state index contributed by atoms with van der Waals surface area (Å²) < 4.78 is 1.16. The molecular formula is C15H22INO. The van der Waals surface area contributed by atoms with Crippen LogP contribution in [0.25, 0.3) is 0 Å². The Morgan fingerprint density at radius 2 is 1.89 bits per heavy atom. The number of rotatable bonds is 7. The van der Waals surface area contributed by atoms with Crippen LogP contribution in [0.3, 0.4) is 0 Å². The van der Waals surface area contributed by atoms with Crippen LogP contribution in [0.4, 0.5) is 0 Å². The largest absolute Gasteiger partial charge is 0.296 e. The predicted octanol–water partition coefficient (Wildman–Crippen LogP) is 3.84. The first-order valence-corrected chi connectivity index (χ1v) is 7.65. The quantitative estimate of drug-likeness (QED) is 0.545. The van der Waals surface area contributed by atoms with Crippen LogP contribution < -0.4 is 0 Å². The minimum atomic E-state index is 0.219. The van der Waals surface area contributed by atoms with Gasteiger partial charge >= 0.3 is 0 Å². The highest BCUT2D eigenvalue weighted by molar-refractivity contribution is 14.1. The Bertz CT molecular complexity index is 375. The van der Waals surface area contributed by atoms with Crippen LogP contribution in [-0.4, -0.2) is 30.3 Å². The Kier molecular flexibility index (Phi) is 6.86. The number of Topliss-reactive ketones (excluding diaryl/α,β-unsaturated/α-hetero) is 1. The third-order valence-corrected chi connectivity index (χ3v) is 3.97. The van der Waals surface area contributed by atoms with Crippen molar-refractivity contribution in [1.29, 1.82) is 0 Å². The molecule has 2 nitrogen and oxygen atoms in total. The Labute approximate surface area is 124 Å². The number of ketones is 1. The maximum atomic E-state index is 12.2. The van der Waals surface area contributed by atoms with Gasteiger partial charge in [0.2, 0.25) is 0 Å². The summed E-state index contributed by atoms with van der Waals surface area (Å²) in [6.45, 7) is 9.01. The number of nitrogens with zero attached hydrogens (tertiary/aromatic N) is 1. The fraction of sp³-hybridized carbons (Fsp3) is 0.533. The second-order valence-corrected chi connectivity index (χ2v) is 6.02. The predicted molar refractivity (Wildman–Crippen MR) is 85.1 cm³/mol. The molecule has 0 aliphatic carbocycles. The molecule has 3 heteroatoms. The van der Waals surface area contributed by atoms with E-state index in [0.717, 1.165) is 28.6 Å². The summed E-state index contributed by atoms with van der Waals surface area (Å²) in [5.74, 6) is 0.867. The van der Waals surface area contributed by atoms with Gasteiger partial charge in [-0.25, -0.2) is 0 Å². The van der Waals surface area contributed by atoms with E-state index < -0.39 is 0 Å². The van der Waals surface area contributed by atoms with Crippen molar-refractivity contribution in [2.24, 2.45) is 5.92 Å². The number of benzene rings is 1. The second-order valence-electron chi connectivity index (χ2n) is 4.77. The van der Waals surface area contributed by atoms with Crippen LogP contribution in [0.2, 0.25) is 0 Å². The number of hydrogen-bond donors (Lipinski definition) is 0. The van der Waals surface area contributed by atoms with Crippen molar-refractivity contribution < 1.29 is 4.79 Å². The number of halogens is 1. The van der Waals surface area contributed by atoms with Gasteiger partial charge in [-0.15, -0.1) is 0 Å². The molecule has 0 fully saturated rings. The lowest BCUT2D eigenvalue weighted by Crippen LogP contribution is -2.33. The van der Waals surface area contributed by atoms with E-state index in [1.54, 1.807) is 0 Å². The lowest BCUT2D eigenvalue weighted by molar-refractivity contribution is 0.0924. The molecule has 0 spiro atoms. The minimum Gasteiger partial charge on any atom is -0.296 e. The number of carbonyl (C=O) groups excluding carboxylic acids is 1. The van der Waals surface area contributed by atoms with Crippen molar-refractivity contribution in [1.82, 2.24) is 4.90 Å². The maximum absolute atomic E-state index is 12.2. The van der Waals surface area contributed by atoms with Gasteiger partial charge in [-0.1, -0.05) is 39.3 Å². The standard InChI is InChI=1S/C15H22INO/c1-4-12(3)10-17(5-2)11-15(18)13-6-8-14(16)9-7-13/h6-9,12H,4-5,10-11H2,1-3H3. The first-order chi connectivity index (χ1) is 8.56. The number of likely N-dealkylation sites (N-methyl/N-ethyl adjacent to an activating group) is 1. The van der Waals surface area contributed by atoms with Crippen molar-refractivity contribution in [3.8, 4) is 0 Å². The zero-order chi connectivity index (χ0) is 13.5. The fourth-order valence-electron chi connectivity index (χ4n) is 1.81. The molecule has 0 aliphatic rings. The van der Waals surface area contributed by atoms with E-state index in [1.807, 2.05) is 24.3 Å². The van der Waals surface area contributed by atoms with Crippen molar-refractivity contribution in [3.63, 3.8) is 0 Å². The Morgan fingerprint density at radius 3 is 2.39 bits per heavy atom. The molecule has 1 rings (SSSR count). The molecule has 0 saturated heterocycles. The van der Waals surface area contributed by atoms with Gasteiger partial charge in [-0.3, -0.25) is 9.69 Å². The minimum absolute atomic E-state index is 0.219. The van der Waals surface area contributed by atoms with Crippen molar-refractivity contribution in [2.75, 3.05) is 19.6 Å². The smallest absolute Gasteiger partial charge is 0.176 e. The molecule has 0 radical (unpaired) electrons. The second kappa shape index (κ2) is 7.89. The van der Waals surface area contributed by atoms with E-state index in [9.17, 15) is 4.79 Å². The number of hydrogen-bond acceptors (Lipinski definition) is 2. The third-order valence-electron chi connectivity index (χ3n) is 3.25. The monoisotopic (exact) mass is 359 g/mol. The maximum Gasteiger partial charge on any atom is 0.176 e. The lowest BCUT2D eigenvalue weighted by Gasteiger charge is -2.22. The fourth-order valence-corrected chi connectivity index (χ4v) is 2.17. The molecule has 0 bridgehead atoms. The highest BCUT2D eigenvalue weighted by atomic mass is 127. The molecule has 0 amide bonds. The van der Waals surface area contributed by atoms with Crippen LogP contribution in [-0.2, 0) is 0 Å². The normalized spacial score (nSPS) is 12.7. The van der Waals surface area contributed by atoms with Gasteiger partial charge in [-0.05, 0) is 47.2 Å². The summed E-state index contributed by atoms with van der Waals surface area (Å²) in [7, 11) is 0. The number of carbonyl (C=O) groups is 1. The summed E-state index contributed by atoms with van der Waals surface area (Å²) in [5.41, 5.74) is 0.818. The van der Waals surface area contributed by atoms with E-state index in [1.165, 1.54) is 0 Å². The van der Waals surface area contributed by atoms with Crippen LogP contribution in [0.1, 0.15) is 37.6 Å². The van der Waals surface area contributed by atoms with E-state index in [2.05, 4.69) is 48.3 Å². The molecule has 1 aromatic rings. The Morgan fingerprint density at radius 1 is 1.28 bits per heavy atom. The van der Waals surface area contributed by atoms with E-state index in [4.69, 9.17) is 0 Å². The van der Waals surface area contributed by atoms with Gasteiger partial charge in [0.05, 0.1) is 6.54 Å². The molecular weight excluding hydrogens is 337 g/mol. The molecule has 0 saturated carbocycles. The summed E-state index contributed by atoms with van der Waals surface area (Å²) in [6, 6.07) is 7.81. The molecule has 1 unspecified atom stereocenters. The zero-order valence-electron chi connectivity index (χ0n) is 11.4. The van der Waals surface area contributed by atoms with Crippen molar-refractivity contribution >= 4 is 28.4 Å². The van der Waals surface area contributed by atoms with Crippen LogP contribution in [0, 0.1) is 9.49 Å². The van der Waals surface area contributed by atoms with E-state index in [-0.39, 0.29) is 5.78 Å². The topological polar surface area (TPSA) is 20.3 Å². The molecule has 0 heterocycles. The SMILES string of the molecule is CCC(C)CN(CC)CC(=O)c1ccc(I)cc1. The van der Waals surface area contributed by atoms with Crippen molar-refractivity contribution in [2.45, 2.75) is 27.2 Å². The van der Waals surface area contributed by atoms with Gasteiger partial charge in [-0.2, -0.15) is 0 Å². The highest BCUT2D eigenvalue weighted by Crippen LogP contribution is 2.09. The summed E-state index contributed by atoms with van der Waals surface area (Å²) >= 11 is 2.25. The van der Waals surface area contributed by atoms with Crippen LogP contribution in [0.5, 0.6) is 0 Å². The first kappa shape index (κ1) is 15.6. The van der Waals surface area contributed by atoms with Gasteiger partial charge in [0.1, 0.15) is 0 Å². The Hall–Kier alpha value is -0.420. The summed E-state index contributed by atoms with van der Waals surface area (Å²) in [5, 5.41) is 0. The third kappa shape index (κ3) is 5.06. The molecule has 1 atom stereocenters.